The van der Waals surface area contributed by atoms with Gasteiger partial charge in [0.05, 0.1) is 10.6 Å². The molecule has 1 unspecified atom stereocenters. The average molecular weight is 437 g/mol. The monoisotopic (exact) mass is 436 g/mol. The number of sulfonamides is 1. The molecule has 2 aromatic carbocycles. The van der Waals surface area contributed by atoms with Gasteiger partial charge in [0.15, 0.2) is 0 Å². The summed E-state index contributed by atoms with van der Waals surface area (Å²) in [4.78, 5) is 12.7. The van der Waals surface area contributed by atoms with Gasteiger partial charge in [-0.2, -0.15) is 4.31 Å². The molecule has 7 heteroatoms. The molecule has 0 bridgehead atoms. The number of carbonyl (C=O) groups excluding carboxylic acids is 1. The van der Waals surface area contributed by atoms with Crippen molar-refractivity contribution in [1.82, 2.24) is 4.31 Å². The molecule has 0 aromatic heterocycles. The van der Waals surface area contributed by atoms with Gasteiger partial charge in [0.2, 0.25) is 10.0 Å². The van der Waals surface area contributed by atoms with E-state index in [2.05, 4.69) is 21.2 Å². The number of carbonyl (C=O) groups is 1. The summed E-state index contributed by atoms with van der Waals surface area (Å²) in [5, 5.41) is 2.80. The lowest BCUT2D eigenvalue weighted by atomic mass is 10.1. The number of benzene rings is 2. The van der Waals surface area contributed by atoms with Crippen molar-refractivity contribution in [3.05, 3.63) is 58.6 Å². The molecule has 1 amide bonds. The zero-order valence-corrected chi connectivity index (χ0v) is 16.9. The third kappa shape index (κ3) is 4.00. The number of piperidine rings is 1. The number of nitrogens with zero attached hydrogens (tertiary/aromatic N) is 1. The summed E-state index contributed by atoms with van der Waals surface area (Å²) < 4.78 is 28.2. The predicted octanol–water partition coefficient (Wildman–Crippen LogP) is 4.26. The van der Waals surface area contributed by atoms with Crippen LogP contribution in [0.1, 0.15) is 36.5 Å². The molecule has 0 spiro atoms. The van der Waals surface area contributed by atoms with Gasteiger partial charge in [0.25, 0.3) is 5.91 Å². The van der Waals surface area contributed by atoms with Gasteiger partial charge in [0.1, 0.15) is 0 Å². The second-order valence-corrected chi connectivity index (χ2v) is 9.17. The van der Waals surface area contributed by atoms with Crippen LogP contribution in [-0.2, 0) is 10.0 Å². The third-order valence-corrected chi connectivity index (χ3v) is 7.27. The first-order valence-electron chi connectivity index (χ1n) is 8.57. The molecule has 26 heavy (non-hydrogen) atoms. The van der Waals surface area contributed by atoms with E-state index in [1.54, 1.807) is 28.6 Å². The van der Waals surface area contributed by atoms with Crippen LogP contribution in [0.3, 0.4) is 0 Å². The number of nitrogens with one attached hydrogen (secondary N) is 1. The number of para-hydroxylation sites is 1. The van der Waals surface area contributed by atoms with Crippen molar-refractivity contribution >= 4 is 37.5 Å². The Kier molecular flexibility index (Phi) is 5.79. The maximum absolute atomic E-state index is 13.0. The predicted molar refractivity (Wildman–Crippen MR) is 106 cm³/mol. The summed E-state index contributed by atoms with van der Waals surface area (Å²) in [6, 6.07) is 13.5. The van der Waals surface area contributed by atoms with E-state index < -0.39 is 10.0 Å². The second-order valence-electron chi connectivity index (χ2n) is 6.42. The number of hydrogen-bond donors (Lipinski definition) is 1. The SMILES string of the molecule is CC1CCCCN1S(=O)(=O)c1cccc(C(=O)Nc2ccccc2Br)c1. The smallest absolute Gasteiger partial charge is 0.255 e. The van der Waals surface area contributed by atoms with Gasteiger partial charge in [-0.3, -0.25) is 4.79 Å². The first-order chi connectivity index (χ1) is 12.4. The van der Waals surface area contributed by atoms with E-state index in [0.29, 0.717) is 17.8 Å². The van der Waals surface area contributed by atoms with E-state index >= 15 is 0 Å². The number of halogens is 1. The standard InChI is InChI=1S/C19H21BrN2O3S/c1-14-7-4-5-12-22(14)26(24,25)16-9-6-8-15(13-16)19(23)21-18-11-3-2-10-17(18)20/h2-3,6,8-11,13-14H,4-5,7,12H2,1H3,(H,21,23). The molecule has 2 aromatic rings. The van der Waals surface area contributed by atoms with Crippen LogP contribution in [0.2, 0.25) is 0 Å². The van der Waals surface area contributed by atoms with Crippen LogP contribution in [0.5, 0.6) is 0 Å². The quantitative estimate of drug-likeness (QED) is 0.777. The number of rotatable bonds is 4. The van der Waals surface area contributed by atoms with E-state index in [9.17, 15) is 13.2 Å². The first kappa shape index (κ1) is 19.1. The fraction of sp³-hybridized carbons (Fsp3) is 0.316. The van der Waals surface area contributed by atoms with Crippen molar-refractivity contribution in [1.29, 1.82) is 0 Å². The second kappa shape index (κ2) is 7.90. The summed E-state index contributed by atoms with van der Waals surface area (Å²) in [5.74, 6) is -0.347. The van der Waals surface area contributed by atoms with Crippen molar-refractivity contribution in [3.8, 4) is 0 Å². The zero-order valence-electron chi connectivity index (χ0n) is 14.5. The van der Waals surface area contributed by atoms with E-state index in [0.717, 1.165) is 23.7 Å². The molecule has 1 aliphatic heterocycles. The summed E-state index contributed by atoms with van der Waals surface area (Å²) in [6.07, 6.45) is 2.77. The van der Waals surface area contributed by atoms with Crippen molar-refractivity contribution in [2.24, 2.45) is 0 Å². The Labute approximate surface area is 162 Å². The van der Waals surface area contributed by atoms with Crippen LogP contribution >= 0.6 is 15.9 Å². The van der Waals surface area contributed by atoms with Gasteiger partial charge in [-0.25, -0.2) is 8.42 Å². The lowest BCUT2D eigenvalue weighted by Crippen LogP contribution is -2.41. The highest BCUT2D eigenvalue weighted by atomic mass is 79.9. The summed E-state index contributed by atoms with van der Waals surface area (Å²) in [7, 11) is -3.60. The summed E-state index contributed by atoms with van der Waals surface area (Å²) in [6.45, 7) is 2.46. The molecule has 1 saturated heterocycles. The Morgan fingerprint density at radius 3 is 2.65 bits per heavy atom. The molecule has 1 fully saturated rings. The molecule has 0 saturated carbocycles. The maximum Gasteiger partial charge on any atom is 0.255 e. The van der Waals surface area contributed by atoms with E-state index in [1.165, 1.54) is 6.07 Å². The molecule has 0 radical (unpaired) electrons. The normalized spacial score (nSPS) is 18.5. The van der Waals surface area contributed by atoms with E-state index in [-0.39, 0.29) is 16.8 Å². The molecular weight excluding hydrogens is 416 g/mol. The largest absolute Gasteiger partial charge is 0.321 e. The number of hydrogen-bond acceptors (Lipinski definition) is 3. The van der Waals surface area contributed by atoms with Crippen molar-refractivity contribution < 1.29 is 13.2 Å². The van der Waals surface area contributed by atoms with Crippen LogP contribution < -0.4 is 5.32 Å². The topological polar surface area (TPSA) is 66.5 Å². The highest BCUT2D eigenvalue weighted by Crippen LogP contribution is 2.26. The molecule has 138 valence electrons. The average Bonchev–Trinajstić information content (AvgIpc) is 2.64. The Morgan fingerprint density at radius 1 is 1.15 bits per heavy atom. The summed E-state index contributed by atoms with van der Waals surface area (Å²) in [5.41, 5.74) is 0.946. The molecule has 1 N–H and O–H groups in total. The van der Waals surface area contributed by atoms with Gasteiger partial charge in [-0.05, 0) is 66.0 Å². The highest BCUT2D eigenvalue weighted by Gasteiger charge is 2.31. The number of anilines is 1. The van der Waals surface area contributed by atoms with Gasteiger partial charge in [-0.1, -0.05) is 24.6 Å². The molecule has 0 aliphatic carbocycles. The fourth-order valence-corrected chi connectivity index (χ4v) is 5.25. The lowest BCUT2D eigenvalue weighted by molar-refractivity contribution is 0.102. The lowest BCUT2D eigenvalue weighted by Gasteiger charge is -2.32. The Morgan fingerprint density at radius 2 is 1.92 bits per heavy atom. The zero-order chi connectivity index (χ0) is 18.7. The molecule has 5 nitrogen and oxygen atoms in total. The first-order valence-corrected chi connectivity index (χ1v) is 10.8. The fourth-order valence-electron chi connectivity index (χ4n) is 3.12. The molecule has 1 aliphatic rings. The third-order valence-electron chi connectivity index (χ3n) is 4.57. The minimum Gasteiger partial charge on any atom is -0.321 e. The highest BCUT2D eigenvalue weighted by molar-refractivity contribution is 9.10. The molecule has 1 atom stereocenters. The van der Waals surface area contributed by atoms with Crippen LogP contribution in [0, 0.1) is 0 Å². The van der Waals surface area contributed by atoms with Crippen molar-refractivity contribution in [3.63, 3.8) is 0 Å². The van der Waals surface area contributed by atoms with Crippen LogP contribution in [0.4, 0.5) is 5.69 Å². The van der Waals surface area contributed by atoms with Gasteiger partial charge in [0, 0.05) is 22.6 Å². The molecular formula is C19H21BrN2O3S. The van der Waals surface area contributed by atoms with Crippen molar-refractivity contribution in [2.75, 3.05) is 11.9 Å². The van der Waals surface area contributed by atoms with Crippen LogP contribution in [0.25, 0.3) is 0 Å². The Balaban J connectivity index is 1.86. The summed E-state index contributed by atoms with van der Waals surface area (Å²) >= 11 is 3.38. The van der Waals surface area contributed by atoms with Crippen LogP contribution in [0.15, 0.2) is 57.9 Å². The van der Waals surface area contributed by atoms with Crippen molar-refractivity contribution in [2.45, 2.75) is 37.1 Å². The van der Waals surface area contributed by atoms with Crippen LogP contribution in [-0.4, -0.2) is 31.2 Å². The minimum atomic E-state index is -3.60. The maximum atomic E-state index is 13.0. The Bertz CT molecular complexity index is 915. The minimum absolute atomic E-state index is 0.0218. The molecule has 3 rings (SSSR count). The van der Waals surface area contributed by atoms with Gasteiger partial charge < -0.3 is 5.32 Å². The van der Waals surface area contributed by atoms with Gasteiger partial charge >= 0.3 is 0 Å². The van der Waals surface area contributed by atoms with Gasteiger partial charge in [-0.15, -0.1) is 0 Å². The molecule has 1 heterocycles. The Hall–Kier alpha value is -1.70. The number of amides is 1. The van der Waals surface area contributed by atoms with E-state index in [4.69, 9.17) is 0 Å². The van der Waals surface area contributed by atoms with E-state index in [1.807, 2.05) is 25.1 Å².